The molecule has 0 bridgehead atoms. The molecule has 0 radical (unpaired) electrons. The van der Waals surface area contributed by atoms with E-state index in [0.717, 1.165) is 11.4 Å². The van der Waals surface area contributed by atoms with Crippen molar-refractivity contribution in [3.8, 4) is 5.75 Å². The lowest BCUT2D eigenvalue weighted by molar-refractivity contribution is 0.104. The minimum atomic E-state index is -0.358. The predicted octanol–water partition coefficient (Wildman–Crippen LogP) is 4.03. The maximum atomic E-state index is 12.8. The van der Waals surface area contributed by atoms with E-state index in [1.54, 1.807) is 6.20 Å². The first kappa shape index (κ1) is 14.8. The van der Waals surface area contributed by atoms with Crippen molar-refractivity contribution in [3.63, 3.8) is 0 Å². The van der Waals surface area contributed by atoms with Gasteiger partial charge < -0.3 is 10.1 Å². The zero-order chi connectivity index (χ0) is 15.1. The van der Waals surface area contributed by atoms with Crippen LogP contribution in [0.4, 0.5) is 10.1 Å². The highest BCUT2D eigenvalue weighted by Crippen LogP contribution is 2.15. The summed E-state index contributed by atoms with van der Waals surface area (Å²) in [6.45, 7) is 2.55. The lowest BCUT2D eigenvalue weighted by Crippen LogP contribution is -1.96. The standard InChI is InChI=1S/C17H16FNO2/c1-2-21-16-9-7-15(8-10-16)19-12-11-17(20)13-3-5-14(18)6-4-13/h3-12,19H,2H2,1H3. The third-order valence-corrected chi connectivity index (χ3v) is 2.78. The molecule has 2 aromatic rings. The molecule has 0 aliphatic carbocycles. The molecule has 0 aromatic heterocycles. The van der Waals surface area contributed by atoms with Crippen LogP contribution in [0.25, 0.3) is 0 Å². The maximum Gasteiger partial charge on any atom is 0.187 e. The predicted molar refractivity (Wildman–Crippen MR) is 81.1 cm³/mol. The number of benzene rings is 2. The minimum Gasteiger partial charge on any atom is -0.494 e. The zero-order valence-electron chi connectivity index (χ0n) is 11.7. The lowest BCUT2D eigenvalue weighted by atomic mass is 10.1. The van der Waals surface area contributed by atoms with E-state index in [0.29, 0.717) is 12.2 Å². The summed E-state index contributed by atoms with van der Waals surface area (Å²) in [5.74, 6) is 0.255. The van der Waals surface area contributed by atoms with Gasteiger partial charge in [0.25, 0.3) is 0 Å². The van der Waals surface area contributed by atoms with Crippen LogP contribution in [0.15, 0.2) is 60.8 Å². The van der Waals surface area contributed by atoms with Crippen molar-refractivity contribution in [3.05, 3.63) is 72.2 Å². The van der Waals surface area contributed by atoms with Crippen molar-refractivity contribution in [2.75, 3.05) is 11.9 Å². The fraction of sp³-hybridized carbons (Fsp3) is 0.118. The van der Waals surface area contributed by atoms with Crippen LogP contribution in [0.3, 0.4) is 0 Å². The van der Waals surface area contributed by atoms with Gasteiger partial charge in [-0.05, 0) is 55.5 Å². The highest BCUT2D eigenvalue weighted by molar-refractivity contribution is 6.04. The molecule has 2 rings (SSSR count). The Kier molecular flexibility index (Phi) is 5.10. The molecule has 0 aliphatic heterocycles. The topological polar surface area (TPSA) is 38.3 Å². The second-order valence-electron chi connectivity index (χ2n) is 4.31. The van der Waals surface area contributed by atoms with Crippen LogP contribution >= 0.6 is 0 Å². The summed E-state index contributed by atoms with van der Waals surface area (Å²) in [6, 6.07) is 12.9. The largest absolute Gasteiger partial charge is 0.494 e. The van der Waals surface area contributed by atoms with Gasteiger partial charge in [-0.3, -0.25) is 4.79 Å². The van der Waals surface area contributed by atoms with Gasteiger partial charge >= 0.3 is 0 Å². The van der Waals surface area contributed by atoms with Crippen LogP contribution in [-0.4, -0.2) is 12.4 Å². The second kappa shape index (κ2) is 7.24. The van der Waals surface area contributed by atoms with Crippen molar-refractivity contribution in [1.29, 1.82) is 0 Å². The maximum absolute atomic E-state index is 12.8. The van der Waals surface area contributed by atoms with Crippen LogP contribution < -0.4 is 10.1 Å². The summed E-state index contributed by atoms with van der Waals surface area (Å²) >= 11 is 0. The molecule has 0 amide bonds. The molecular formula is C17H16FNO2. The van der Waals surface area contributed by atoms with E-state index >= 15 is 0 Å². The third-order valence-electron chi connectivity index (χ3n) is 2.78. The molecule has 0 spiro atoms. The molecule has 3 nitrogen and oxygen atoms in total. The van der Waals surface area contributed by atoms with Crippen molar-refractivity contribution >= 4 is 11.5 Å². The number of ether oxygens (including phenoxy) is 1. The summed E-state index contributed by atoms with van der Waals surface area (Å²) in [5.41, 5.74) is 1.29. The fourth-order valence-corrected chi connectivity index (χ4v) is 1.74. The summed E-state index contributed by atoms with van der Waals surface area (Å²) in [4.78, 5) is 11.8. The average Bonchev–Trinajstić information content (AvgIpc) is 2.50. The molecule has 0 saturated carbocycles. The van der Waals surface area contributed by atoms with Crippen LogP contribution in [0.1, 0.15) is 17.3 Å². The van der Waals surface area contributed by atoms with Gasteiger partial charge in [-0.25, -0.2) is 4.39 Å². The molecule has 0 atom stereocenters. The number of anilines is 1. The van der Waals surface area contributed by atoms with Gasteiger partial charge in [0.2, 0.25) is 0 Å². The Morgan fingerprint density at radius 2 is 1.81 bits per heavy atom. The van der Waals surface area contributed by atoms with Crippen molar-refractivity contribution in [1.82, 2.24) is 0 Å². The Morgan fingerprint density at radius 3 is 2.43 bits per heavy atom. The van der Waals surface area contributed by atoms with Gasteiger partial charge in [-0.15, -0.1) is 0 Å². The summed E-state index contributed by atoms with van der Waals surface area (Å²) in [6.07, 6.45) is 2.96. The number of rotatable bonds is 6. The molecule has 4 heteroatoms. The van der Waals surface area contributed by atoms with Crippen molar-refractivity contribution in [2.45, 2.75) is 6.92 Å². The van der Waals surface area contributed by atoms with Gasteiger partial charge in [-0.2, -0.15) is 0 Å². The Bertz CT molecular complexity index is 618. The molecule has 108 valence electrons. The fourth-order valence-electron chi connectivity index (χ4n) is 1.74. The number of halogens is 1. The molecule has 1 N–H and O–H groups in total. The zero-order valence-corrected chi connectivity index (χ0v) is 11.7. The van der Waals surface area contributed by atoms with Gasteiger partial charge in [0, 0.05) is 23.5 Å². The molecule has 2 aromatic carbocycles. The Balaban J connectivity index is 1.92. The molecule has 0 saturated heterocycles. The van der Waals surface area contributed by atoms with E-state index in [4.69, 9.17) is 4.74 Å². The number of nitrogens with one attached hydrogen (secondary N) is 1. The van der Waals surface area contributed by atoms with Crippen LogP contribution in [0.2, 0.25) is 0 Å². The van der Waals surface area contributed by atoms with Crippen LogP contribution in [0.5, 0.6) is 5.75 Å². The van der Waals surface area contributed by atoms with E-state index < -0.39 is 0 Å². The minimum absolute atomic E-state index is 0.187. The molecular weight excluding hydrogens is 269 g/mol. The monoisotopic (exact) mass is 285 g/mol. The Labute approximate surface area is 123 Å². The first-order valence-corrected chi connectivity index (χ1v) is 6.65. The van der Waals surface area contributed by atoms with E-state index in [1.165, 1.54) is 30.3 Å². The number of carbonyl (C=O) groups excluding carboxylic acids is 1. The second-order valence-corrected chi connectivity index (χ2v) is 4.31. The van der Waals surface area contributed by atoms with Gasteiger partial charge in [0.15, 0.2) is 5.78 Å². The highest BCUT2D eigenvalue weighted by Gasteiger charge is 2.01. The van der Waals surface area contributed by atoms with E-state index in [2.05, 4.69) is 5.32 Å². The van der Waals surface area contributed by atoms with Crippen LogP contribution in [0, 0.1) is 5.82 Å². The van der Waals surface area contributed by atoms with Crippen molar-refractivity contribution < 1.29 is 13.9 Å². The number of hydrogen-bond donors (Lipinski definition) is 1. The summed E-state index contributed by atoms with van der Waals surface area (Å²) in [7, 11) is 0. The normalized spacial score (nSPS) is 10.6. The molecule has 21 heavy (non-hydrogen) atoms. The first-order valence-electron chi connectivity index (χ1n) is 6.65. The highest BCUT2D eigenvalue weighted by atomic mass is 19.1. The number of carbonyl (C=O) groups is 1. The SMILES string of the molecule is CCOc1ccc(NC=CC(=O)c2ccc(F)cc2)cc1. The summed E-state index contributed by atoms with van der Waals surface area (Å²) in [5, 5.41) is 2.99. The average molecular weight is 285 g/mol. The lowest BCUT2D eigenvalue weighted by Gasteiger charge is -2.04. The van der Waals surface area contributed by atoms with Gasteiger partial charge in [-0.1, -0.05) is 0 Å². The van der Waals surface area contributed by atoms with Gasteiger partial charge in [0.1, 0.15) is 11.6 Å². The van der Waals surface area contributed by atoms with E-state index in [9.17, 15) is 9.18 Å². The van der Waals surface area contributed by atoms with Crippen LogP contribution in [-0.2, 0) is 0 Å². The van der Waals surface area contributed by atoms with E-state index in [-0.39, 0.29) is 11.6 Å². The summed E-state index contributed by atoms with van der Waals surface area (Å²) < 4.78 is 18.1. The number of hydrogen-bond acceptors (Lipinski definition) is 3. The van der Waals surface area contributed by atoms with Gasteiger partial charge in [0.05, 0.1) is 6.61 Å². The first-order chi connectivity index (χ1) is 10.2. The molecule has 0 aliphatic rings. The molecule has 0 heterocycles. The molecule has 0 fully saturated rings. The Hall–Kier alpha value is -2.62. The van der Waals surface area contributed by atoms with Crippen molar-refractivity contribution in [2.24, 2.45) is 0 Å². The number of ketones is 1. The van der Waals surface area contributed by atoms with E-state index in [1.807, 2.05) is 31.2 Å². The number of allylic oxidation sites excluding steroid dienone is 1. The molecule has 0 unspecified atom stereocenters. The Morgan fingerprint density at radius 1 is 1.14 bits per heavy atom. The smallest absolute Gasteiger partial charge is 0.187 e. The quantitative estimate of drug-likeness (QED) is 0.643. The third kappa shape index (κ3) is 4.45.